The number of methoxy groups -OCH3 is 1. The Morgan fingerprint density at radius 1 is 1.19 bits per heavy atom. The van der Waals surface area contributed by atoms with Gasteiger partial charge in [-0.15, -0.1) is 0 Å². The second kappa shape index (κ2) is 9.09. The Morgan fingerprint density at radius 3 is 2.62 bits per heavy atom. The van der Waals surface area contributed by atoms with Crippen LogP contribution in [0, 0.1) is 0 Å². The van der Waals surface area contributed by atoms with Crippen LogP contribution >= 0.6 is 0 Å². The molecule has 0 aromatic rings. The standard InChI is InChI=1S/C17H34N2O2/c1-4-21-16-13-15(17(16)20-3)18-11-8-12-19(2)14-9-6-5-7-10-14/h14-18H,4-13H2,1-3H3. The van der Waals surface area contributed by atoms with E-state index in [1.807, 2.05) is 0 Å². The molecule has 0 spiro atoms. The van der Waals surface area contributed by atoms with E-state index in [2.05, 4.69) is 24.2 Å². The van der Waals surface area contributed by atoms with Crippen molar-refractivity contribution in [1.82, 2.24) is 10.2 Å². The smallest absolute Gasteiger partial charge is 0.0986 e. The summed E-state index contributed by atoms with van der Waals surface area (Å²) in [6, 6.07) is 1.31. The van der Waals surface area contributed by atoms with E-state index in [0.717, 1.165) is 25.6 Å². The van der Waals surface area contributed by atoms with Crippen LogP contribution in [-0.2, 0) is 9.47 Å². The molecule has 0 heterocycles. The molecule has 0 amide bonds. The summed E-state index contributed by atoms with van der Waals surface area (Å²) >= 11 is 0. The highest BCUT2D eigenvalue weighted by Gasteiger charge is 2.41. The number of hydrogen-bond donors (Lipinski definition) is 1. The summed E-state index contributed by atoms with van der Waals surface area (Å²) in [7, 11) is 4.09. The quantitative estimate of drug-likeness (QED) is 0.663. The molecule has 21 heavy (non-hydrogen) atoms. The first-order chi connectivity index (χ1) is 10.3. The summed E-state index contributed by atoms with van der Waals surface area (Å²) < 4.78 is 11.2. The average Bonchev–Trinajstić information content (AvgIpc) is 2.50. The largest absolute Gasteiger partial charge is 0.377 e. The molecule has 2 aliphatic rings. The second-order valence-electron chi connectivity index (χ2n) is 6.62. The maximum atomic E-state index is 5.66. The Kier molecular flexibility index (Phi) is 7.44. The first-order valence-electron chi connectivity index (χ1n) is 8.84. The first-order valence-corrected chi connectivity index (χ1v) is 8.84. The van der Waals surface area contributed by atoms with Gasteiger partial charge in [0.05, 0.1) is 12.2 Å². The molecule has 2 fully saturated rings. The van der Waals surface area contributed by atoms with Gasteiger partial charge in [-0.3, -0.25) is 0 Å². The van der Waals surface area contributed by atoms with Crippen LogP contribution in [0.1, 0.15) is 51.9 Å². The van der Waals surface area contributed by atoms with E-state index >= 15 is 0 Å². The van der Waals surface area contributed by atoms with Crippen LogP contribution in [0.3, 0.4) is 0 Å². The molecule has 2 saturated carbocycles. The topological polar surface area (TPSA) is 33.7 Å². The molecule has 0 aromatic heterocycles. The van der Waals surface area contributed by atoms with Gasteiger partial charge in [0.2, 0.25) is 0 Å². The Bertz CT molecular complexity index is 282. The third-order valence-corrected chi connectivity index (χ3v) is 5.19. The van der Waals surface area contributed by atoms with Gasteiger partial charge in [0.15, 0.2) is 0 Å². The van der Waals surface area contributed by atoms with Crippen LogP contribution in [0.4, 0.5) is 0 Å². The number of hydrogen-bond acceptors (Lipinski definition) is 4. The molecule has 4 heteroatoms. The highest BCUT2D eigenvalue weighted by atomic mass is 16.5. The summed E-state index contributed by atoms with van der Waals surface area (Å²) in [5.41, 5.74) is 0. The molecule has 1 N–H and O–H groups in total. The lowest BCUT2D eigenvalue weighted by molar-refractivity contribution is -0.131. The highest BCUT2D eigenvalue weighted by Crippen LogP contribution is 2.27. The van der Waals surface area contributed by atoms with Gasteiger partial charge >= 0.3 is 0 Å². The summed E-state index contributed by atoms with van der Waals surface area (Å²) in [4.78, 5) is 2.57. The van der Waals surface area contributed by atoms with Crippen molar-refractivity contribution in [2.45, 2.75) is 76.2 Å². The maximum Gasteiger partial charge on any atom is 0.0986 e. The van der Waals surface area contributed by atoms with Gasteiger partial charge in [-0.2, -0.15) is 0 Å². The summed E-state index contributed by atoms with van der Waals surface area (Å²) in [6.45, 7) is 5.12. The molecule has 0 saturated heterocycles. The molecule has 3 atom stereocenters. The van der Waals surface area contributed by atoms with Crippen molar-refractivity contribution >= 4 is 0 Å². The first kappa shape index (κ1) is 17.2. The fourth-order valence-electron chi connectivity index (χ4n) is 3.79. The molecule has 124 valence electrons. The van der Waals surface area contributed by atoms with Gasteiger partial charge in [0, 0.05) is 25.8 Å². The Labute approximate surface area is 130 Å². The van der Waals surface area contributed by atoms with E-state index in [1.165, 1.54) is 45.1 Å². The Morgan fingerprint density at radius 2 is 1.95 bits per heavy atom. The fraction of sp³-hybridized carbons (Fsp3) is 1.00. The van der Waals surface area contributed by atoms with Crippen molar-refractivity contribution in [2.75, 3.05) is 33.9 Å². The molecule has 0 aromatic carbocycles. The lowest BCUT2D eigenvalue weighted by atomic mass is 9.85. The van der Waals surface area contributed by atoms with Crippen molar-refractivity contribution in [3.05, 3.63) is 0 Å². The SMILES string of the molecule is CCOC1CC(NCCCN(C)C2CCCCC2)C1OC. The third-order valence-electron chi connectivity index (χ3n) is 5.19. The van der Waals surface area contributed by atoms with Crippen molar-refractivity contribution in [2.24, 2.45) is 0 Å². The zero-order chi connectivity index (χ0) is 15.1. The van der Waals surface area contributed by atoms with Crippen molar-refractivity contribution in [3.8, 4) is 0 Å². The molecule has 2 rings (SSSR count). The minimum Gasteiger partial charge on any atom is -0.377 e. The van der Waals surface area contributed by atoms with Crippen LogP contribution in [0.15, 0.2) is 0 Å². The lowest BCUT2D eigenvalue weighted by Gasteiger charge is -2.43. The fourth-order valence-corrected chi connectivity index (χ4v) is 3.79. The highest BCUT2D eigenvalue weighted by molar-refractivity contribution is 4.97. The monoisotopic (exact) mass is 298 g/mol. The zero-order valence-corrected chi connectivity index (χ0v) is 14.1. The van der Waals surface area contributed by atoms with Gasteiger partial charge in [0.1, 0.15) is 0 Å². The van der Waals surface area contributed by atoms with Gasteiger partial charge < -0.3 is 19.7 Å². The number of ether oxygens (including phenoxy) is 2. The van der Waals surface area contributed by atoms with Crippen molar-refractivity contribution in [3.63, 3.8) is 0 Å². The van der Waals surface area contributed by atoms with Crippen LogP contribution in [0.25, 0.3) is 0 Å². The zero-order valence-electron chi connectivity index (χ0n) is 14.1. The van der Waals surface area contributed by atoms with Gasteiger partial charge in [-0.05, 0) is 52.7 Å². The minimum absolute atomic E-state index is 0.237. The van der Waals surface area contributed by atoms with Gasteiger partial charge in [-0.1, -0.05) is 19.3 Å². The average molecular weight is 298 g/mol. The van der Waals surface area contributed by atoms with Gasteiger partial charge in [-0.25, -0.2) is 0 Å². The number of rotatable bonds is 9. The van der Waals surface area contributed by atoms with Crippen molar-refractivity contribution in [1.29, 1.82) is 0 Å². The second-order valence-corrected chi connectivity index (χ2v) is 6.62. The predicted molar refractivity (Wildman–Crippen MR) is 86.7 cm³/mol. The number of nitrogens with zero attached hydrogens (tertiary/aromatic N) is 1. The molecule has 0 bridgehead atoms. The molecule has 3 unspecified atom stereocenters. The molecule has 0 radical (unpaired) electrons. The van der Waals surface area contributed by atoms with E-state index in [4.69, 9.17) is 9.47 Å². The van der Waals surface area contributed by atoms with E-state index in [-0.39, 0.29) is 6.10 Å². The van der Waals surface area contributed by atoms with E-state index < -0.39 is 0 Å². The number of nitrogens with one attached hydrogen (secondary N) is 1. The Hall–Kier alpha value is -0.160. The maximum absolute atomic E-state index is 5.66. The summed E-state index contributed by atoms with van der Waals surface area (Å²) in [5, 5.41) is 3.64. The van der Waals surface area contributed by atoms with Crippen LogP contribution < -0.4 is 5.32 Å². The van der Waals surface area contributed by atoms with Crippen molar-refractivity contribution < 1.29 is 9.47 Å². The molecule has 2 aliphatic carbocycles. The Balaban J connectivity index is 1.55. The van der Waals surface area contributed by atoms with E-state index in [9.17, 15) is 0 Å². The normalized spacial score (nSPS) is 30.6. The van der Waals surface area contributed by atoms with Crippen LogP contribution in [0.2, 0.25) is 0 Å². The van der Waals surface area contributed by atoms with Crippen LogP contribution in [-0.4, -0.2) is 63.0 Å². The van der Waals surface area contributed by atoms with Gasteiger partial charge in [0.25, 0.3) is 0 Å². The minimum atomic E-state index is 0.237. The molecule has 0 aliphatic heterocycles. The van der Waals surface area contributed by atoms with E-state index in [0.29, 0.717) is 12.1 Å². The summed E-state index contributed by atoms with van der Waals surface area (Å²) in [5.74, 6) is 0. The molecule has 4 nitrogen and oxygen atoms in total. The molecular formula is C17H34N2O2. The summed E-state index contributed by atoms with van der Waals surface area (Å²) in [6.07, 6.45) is 9.91. The van der Waals surface area contributed by atoms with E-state index in [1.54, 1.807) is 7.11 Å². The lowest BCUT2D eigenvalue weighted by Crippen LogP contribution is -2.60. The third kappa shape index (κ3) is 4.92. The predicted octanol–water partition coefficient (Wildman–Crippen LogP) is 2.42. The van der Waals surface area contributed by atoms with Crippen LogP contribution in [0.5, 0.6) is 0 Å². The molecular weight excluding hydrogens is 264 g/mol.